The Morgan fingerprint density at radius 2 is 1.81 bits per heavy atom. The third-order valence-electron chi connectivity index (χ3n) is 3.63. The van der Waals surface area contributed by atoms with Crippen molar-refractivity contribution in [2.45, 2.75) is 26.7 Å². The largest absolute Gasteiger partial charge is 0.398 e. The number of anilines is 1. The van der Waals surface area contributed by atoms with Crippen LogP contribution in [0.1, 0.15) is 33.5 Å². The van der Waals surface area contributed by atoms with E-state index in [1.165, 1.54) is 5.56 Å². The Balaban J connectivity index is 1.86. The van der Waals surface area contributed by atoms with Gasteiger partial charge in [0, 0.05) is 17.8 Å². The molecule has 0 atom stereocenters. The van der Waals surface area contributed by atoms with Gasteiger partial charge in [0.15, 0.2) is 0 Å². The molecule has 3 N–H and O–H groups in total. The molecule has 0 aliphatic rings. The lowest BCUT2D eigenvalue weighted by molar-refractivity contribution is 0.0952. The second-order valence-corrected chi connectivity index (χ2v) is 5.37. The number of nitrogens with one attached hydrogen (secondary N) is 1. The first-order chi connectivity index (χ1) is 10.1. The first-order valence-corrected chi connectivity index (χ1v) is 7.27. The average molecular weight is 282 g/mol. The van der Waals surface area contributed by atoms with Crippen LogP contribution in [0.15, 0.2) is 42.5 Å². The summed E-state index contributed by atoms with van der Waals surface area (Å²) in [6.07, 6.45) is 1.90. The van der Waals surface area contributed by atoms with E-state index in [1.54, 1.807) is 6.07 Å². The molecule has 0 radical (unpaired) electrons. The first-order valence-electron chi connectivity index (χ1n) is 7.27. The molecule has 2 rings (SSSR count). The molecule has 2 aromatic rings. The fourth-order valence-electron chi connectivity index (χ4n) is 2.35. The summed E-state index contributed by atoms with van der Waals surface area (Å²) in [6.45, 7) is 4.55. The number of carbonyl (C=O) groups excluding carboxylic acids is 1. The SMILES string of the molecule is Cc1cc(C)c(C(=O)NCCCc2ccccc2)cc1N. The van der Waals surface area contributed by atoms with Crippen molar-refractivity contribution >= 4 is 11.6 Å². The molecule has 0 heterocycles. The van der Waals surface area contributed by atoms with Crippen LogP contribution in [0.2, 0.25) is 0 Å². The van der Waals surface area contributed by atoms with Crippen molar-refractivity contribution in [3.05, 3.63) is 64.7 Å². The van der Waals surface area contributed by atoms with E-state index in [0.717, 1.165) is 24.0 Å². The Hall–Kier alpha value is -2.29. The van der Waals surface area contributed by atoms with Crippen LogP contribution in [0, 0.1) is 13.8 Å². The van der Waals surface area contributed by atoms with Gasteiger partial charge in [0.05, 0.1) is 0 Å². The summed E-state index contributed by atoms with van der Waals surface area (Å²) in [5.41, 5.74) is 10.5. The zero-order chi connectivity index (χ0) is 15.2. The molecule has 0 saturated carbocycles. The highest BCUT2D eigenvalue weighted by atomic mass is 16.1. The minimum absolute atomic E-state index is 0.0488. The summed E-state index contributed by atoms with van der Waals surface area (Å²) >= 11 is 0. The van der Waals surface area contributed by atoms with Crippen molar-refractivity contribution in [3.8, 4) is 0 Å². The molecule has 3 heteroatoms. The highest BCUT2D eigenvalue weighted by molar-refractivity contribution is 5.96. The molecule has 0 aromatic heterocycles. The minimum atomic E-state index is -0.0488. The molecular weight excluding hydrogens is 260 g/mol. The van der Waals surface area contributed by atoms with Gasteiger partial charge < -0.3 is 11.1 Å². The third kappa shape index (κ3) is 4.09. The zero-order valence-corrected chi connectivity index (χ0v) is 12.6. The highest BCUT2D eigenvalue weighted by Gasteiger charge is 2.10. The van der Waals surface area contributed by atoms with Gasteiger partial charge in [-0.15, -0.1) is 0 Å². The average Bonchev–Trinajstić information content (AvgIpc) is 2.48. The second-order valence-electron chi connectivity index (χ2n) is 5.37. The van der Waals surface area contributed by atoms with Crippen molar-refractivity contribution in [3.63, 3.8) is 0 Å². The van der Waals surface area contributed by atoms with Crippen LogP contribution in [0.5, 0.6) is 0 Å². The van der Waals surface area contributed by atoms with Crippen LogP contribution in [-0.2, 0) is 6.42 Å². The van der Waals surface area contributed by atoms with Gasteiger partial charge in [0.2, 0.25) is 0 Å². The lowest BCUT2D eigenvalue weighted by Crippen LogP contribution is -2.25. The zero-order valence-electron chi connectivity index (χ0n) is 12.6. The Morgan fingerprint density at radius 3 is 2.52 bits per heavy atom. The molecule has 3 nitrogen and oxygen atoms in total. The summed E-state index contributed by atoms with van der Waals surface area (Å²) < 4.78 is 0. The normalized spacial score (nSPS) is 10.4. The van der Waals surface area contributed by atoms with Gasteiger partial charge in [0.1, 0.15) is 0 Å². The number of hydrogen-bond acceptors (Lipinski definition) is 2. The Labute approximate surface area is 126 Å². The van der Waals surface area contributed by atoms with Crippen molar-refractivity contribution in [2.75, 3.05) is 12.3 Å². The molecule has 1 amide bonds. The number of rotatable bonds is 5. The van der Waals surface area contributed by atoms with E-state index in [2.05, 4.69) is 17.4 Å². The van der Waals surface area contributed by atoms with Gasteiger partial charge in [0.25, 0.3) is 5.91 Å². The Kier molecular flexibility index (Phi) is 4.99. The second kappa shape index (κ2) is 6.93. The van der Waals surface area contributed by atoms with Gasteiger partial charge >= 0.3 is 0 Å². The van der Waals surface area contributed by atoms with Crippen molar-refractivity contribution in [2.24, 2.45) is 0 Å². The maximum absolute atomic E-state index is 12.2. The monoisotopic (exact) mass is 282 g/mol. The number of carbonyl (C=O) groups is 1. The molecule has 0 bridgehead atoms. The number of nitrogens with two attached hydrogens (primary N) is 1. The summed E-state index contributed by atoms with van der Waals surface area (Å²) in [6, 6.07) is 14.0. The Bertz CT molecular complexity index is 621. The number of aryl methyl sites for hydroxylation is 3. The van der Waals surface area contributed by atoms with Gasteiger partial charge in [-0.2, -0.15) is 0 Å². The van der Waals surface area contributed by atoms with E-state index in [0.29, 0.717) is 17.8 Å². The molecule has 0 unspecified atom stereocenters. The first kappa shape index (κ1) is 15.1. The summed E-state index contributed by atoms with van der Waals surface area (Å²) in [4.78, 5) is 12.2. The summed E-state index contributed by atoms with van der Waals surface area (Å²) in [7, 11) is 0. The quantitative estimate of drug-likeness (QED) is 0.653. The van der Waals surface area contributed by atoms with Crippen LogP contribution >= 0.6 is 0 Å². The number of amides is 1. The van der Waals surface area contributed by atoms with Gasteiger partial charge in [-0.3, -0.25) is 4.79 Å². The number of hydrogen-bond donors (Lipinski definition) is 2. The smallest absolute Gasteiger partial charge is 0.251 e. The van der Waals surface area contributed by atoms with E-state index in [-0.39, 0.29) is 5.91 Å². The molecule has 0 saturated heterocycles. The molecule has 21 heavy (non-hydrogen) atoms. The van der Waals surface area contributed by atoms with E-state index in [1.807, 2.05) is 38.1 Å². The van der Waals surface area contributed by atoms with E-state index < -0.39 is 0 Å². The van der Waals surface area contributed by atoms with Crippen molar-refractivity contribution in [1.29, 1.82) is 0 Å². The highest BCUT2D eigenvalue weighted by Crippen LogP contribution is 2.17. The minimum Gasteiger partial charge on any atom is -0.398 e. The van der Waals surface area contributed by atoms with Gasteiger partial charge in [-0.25, -0.2) is 0 Å². The van der Waals surface area contributed by atoms with Crippen molar-refractivity contribution in [1.82, 2.24) is 5.32 Å². The van der Waals surface area contributed by atoms with Crippen LogP contribution in [0.4, 0.5) is 5.69 Å². The van der Waals surface area contributed by atoms with Crippen LogP contribution in [0.3, 0.4) is 0 Å². The predicted molar refractivity (Wildman–Crippen MR) is 87.4 cm³/mol. The standard InChI is InChI=1S/C18H22N2O/c1-13-11-14(2)17(19)12-16(13)18(21)20-10-6-9-15-7-4-3-5-8-15/h3-5,7-8,11-12H,6,9-10,19H2,1-2H3,(H,20,21). The molecule has 0 spiro atoms. The number of nitrogen functional groups attached to an aromatic ring is 1. The van der Waals surface area contributed by atoms with E-state index >= 15 is 0 Å². The molecule has 2 aromatic carbocycles. The fourth-order valence-corrected chi connectivity index (χ4v) is 2.35. The fraction of sp³-hybridized carbons (Fsp3) is 0.278. The summed E-state index contributed by atoms with van der Waals surface area (Å²) in [5.74, 6) is -0.0488. The van der Waals surface area contributed by atoms with Crippen molar-refractivity contribution < 1.29 is 4.79 Å². The lowest BCUT2D eigenvalue weighted by atomic mass is 10.0. The van der Waals surface area contributed by atoms with E-state index in [4.69, 9.17) is 5.73 Å². The van der Waals surface area contributed by atoms with Crippen LogP contribution < -0.4 is 11.1 Å². The van der Waals surface area contributed by atoms with Gasteiger partial charge in [-0.1, -0.05) is 36.4 Å². The maximum Gasteiger partial charge on any atom is 0.251 e. The van der Waals surface area contributed by atoms with Crippen LogP contribution in [-0.4, -0.2) is 12.5 Å². The maximum atomic E-state index is 12.2. The van der Waals surface area contributed by atoms with E-state index in [9.17, 15) is 4.79 Å². The summed E-state index contributed by atoms with van der Waals surface area (Å²) in [5, 5.41) is 2.96. The predicted octanol–water partition coefficient (Wildman–Crippen LogP) is 3.25. The topological polar surface area (TPSA) is 55.1 Å². The molecule has 0 aliphatic carbocycles. The van der Waals surface area contributed by atoms with Gasteiger partial charge in [-0.05, 0) is 49.4 Å². The van der Waals surface area contributed by atoms with Crippen LogP contribution in [0.25, 0.3) is 0 Å². The molecule has 0 fully saturated rings. The molecular formula is C18H22N2O. The molecule has 0 aliphatic heterocycles. The lowest BCUT2D eigenvalue weighted by Gasteiger charge is -2.10. The number of benzene rings is 2. The third-order valence-corrected chi connectivity index (χ3v) is 3.63. The molecule has 110 valence electrons. The Morgan fingerprint density at radius 1 is 1.10 bits per heavy atom.